The molecule has 1 saturated heterocycles. The zero-order valence-electron chi connectivity index (χ0n) is 21.8. The van der Waals surface area contributed by atoms with Crippen molar-refractivity contribution in [2.75, 3.05) is 6.54 Å². The molecule has 7 rings (SSSR count). The van der Waals surface area contributed by atoms with Gasteiger partial charge in [-0.2, -0.15) is 5.10 Å². The average Bonchev–Trinajstić information content (AvgIpc) is 3.35. The van der Waals surface area contributed by atoms with E-state index in [2.05, 4.69) is 60.8 Å². The van der Waals surface area contributed by atoms with Crippen LogP contribution in [0.2, 0.25) is 0 Å². The Morgan fingerprint density at radius 3 is 2.64 bits per heavy atom. The Kier molecular flexibility index (Phi) is 4.63. The third-order valence-corrected chi connectivity index (χ3v) is 11.0. The Bertz CT molecular complexity index is 1560. The maximum absolute atomic E-state index is 11.9. The van der Waals surface area contributed by atoms with E-state index in [1.807, 2.05) is 22.8 Å². The number of aromatic nitrogens is 4. The number of nitrogens with one attached hydrogen (secondary N) is 1. The van der Waals surface area contributed by atoms with Gasteiger partial charge in [-0.15, -0.1) is 11.3 Å². The number of rotatable bonds is 5. The molecule has 2 saturated carbocycles. The number of nitrogens with two attached hydrogens (primary N) is 1. The van der Waals surface area contributed by atoms with Gasteiger partial charge in [0.05, 0.1) is 11.7 Å². The number of likely N-dealkylation sites (tertiary alicyclic amines) is 1. The minimum absolute atomic E-state index is 0.158. The van der Waals surface area contributed by atoms with Crippen molar-refractivity contribution in [2.45, 2.75) is 71.9 Å². The number of aryl methyl sites for hydroxylation is 2. The Morgan fingerprint density at radius 1 is 1.17 bits per heavy atom. The van der Waals surface area contributed by atoms with Crippen LogP contribution in [0.3, 0.4) is 0 Å². The zero-order valence-corrected chi connectivity index (χ0v) is 22.6. The Morgan fingerprint density at radius 2 is 1.94 bits per heavy atom. The summed E-state index contributed by atoms with van der Waals surface area (Å²) in [4.78, 5) is 25.4. The smallest absolute Gasteiger partial charge is 0.234 e. The van der Waals surface area contributed by atoms with Gasteiger partial charge >= 0.3 is 0 Å². The highest BCUT2D eigenvalue weighted by atomic mass is 32.1. The first-order chi connectivity index (χ1) is 17.2. The number of hydrogen-bond acceptors (Lipinski definition) is 5. The number of amides is 1. The van der Waals surface area contributed by atoms with Crippen LogP contribution < -0.4 is 5.73 Å². The molecule has 4 aromatic rings. The highest BCUT2D eigenvalue weighted by molar-refractivity contribution is 7.19. The molecule has 0 radical (unpaired) electrons. The highest BCUT2D eigenvalue weighted by Gasteiger charge is 2.69. The quantitative estimate of drug-likeness (QED) is 0.406. The minimum atomic E-state index is -0.192. The lowest BCUT2D eigenvalue weighted by Crippen LogP contribution is -2.43. The van der Waals surface area contributed by atoms with Gasteiger partial charge in [0, 0.05) is 34.6 Å². The molecule has 2 aliphatic carbocycles. The number of primary amides is 1. The third kappa shape index (κ3) is 2.80. The summed E-state index contributed by atoms with van der Waals surface area (Å²) in [7, 11) is 0. The van der Waals surface area contributed by atoms with Crippen molar-refractivity contribution in [3.8, 4) is 11.3 Å². The molecule has 8 heteroatoms. The predicted octanol–water partition coefficient (Wildman–Crippen LogP) is 4.90. The van der Waals surface area contributed by atoms with Crippen molar-refractivity contribution in [1.82, 2.24) is 24.5 Å². The molecule has 4 aromatic heterocycles. The summed E-state index contributed by atoms with van der Waals surface area (Å²) >= 11 is 1.96. The summed E-state index contributed by atoms with van der Waals surface area (Å²) in [5.74, 6) is 2.91. The summed E-state index contributed by atoms with van der Waals surface area (Å²) < 4.78 is 1.90. The molecule has 0 spiro atoms. The molecular weight excluding hydrogens is 468 g/mol. The van der Waals surface area contributed by atoms with Crippen LogP contribution in [0.4, 0.5) is 0 Å². The van der Waals surface area contributed by atoms with Gasteiger partial charge in [0.15, 0.2) is 5.65 Å². The maximum atomic E-state index is 11.9. The summed E-state index contributed by atoms with van der Waals surface area (Å²) in [5.41, 5.74) is 14.3. The van der Waals surface area contributed by atoms with Crippen LogP contribution in [-0.4, -0.2) is 49.0 Å². The topological polar surface area (TPSA) is 92.3 Å². The van der Waals surface area contributed by atoms with E-state index >= 15 is 0 Å². The average molecular weight is 503 g/mol. The van der Waals surface area contributed by atoms with Gasteiger partial charge in [0.25, 0.3) is 0 Å². The summed E-state index contributed by atoms with van der Waals surface area (Å²) in [6.45, 7) is 14.2. The Hall–Kier alpha value is -2.71. The summed E-state index contributed by atoms with van der Waals surface area (Å²) in [6.07, 6.45) is 5.00. The molecule has 4 unspecified atom stereocenters. The van der Waals surface area contributed by atoms with Gasteiger partial charge in [-0.3, -0.25) is 9.69 Å². The fourth-order valence-electron chi connectivity index (χ4n) is 7.79. The molecule has 0 bridgehead atoms. The number of carbonyl (C=O) groups is 1. The molecule has 0 aromatic carbocycles. The molecule has 3 fully saturated rings. The Labute approximate surface area is 215 Å². The van der Waals surface area contributed by atoms with Crippen molar-refractivity contribution in [2.24, 2.45) is 23.5 Å². The molecule has 5 heterocycles. The second-order valence-corrected chi connectivity index (χ2v) is 12.7. The third-order valence-electron chi connectivity index (χ3n) is 9.71. The number of thiophene rings is 1. The summed E-state index contributed by atoms with van der Waals surface area (Å²) in [6, 6.07) is 0.420. The van der Waals surface area contributed by atoms with Crippen LogP contribution in [0, 0.1) is 38.5 Å². The first-order valence-electron chi connectivity index (χ1n) is 13.2. The minimum Gasteiger partial charge on any atom is -0.368 e. The van der Waals surface area contributed by atoms with E-state index in [9.17, 15) is 4.79 Å². The first kappa shape index (κ1) is 22.5. The van der Waals surface area contributed by atoms with E-state index in [1.165, 1.54) is 50.1 Å². The number of pyridine rings is 1. The van der Waals surface area contributed by atoms with Crippen LogP contribution >= 0.6 is 11.3 Å². The van der Waals surface area contributed by atoms with Gasteiger partial charge in [-0.25, -0.2) is 9.50 Å². The lowest BCUT2D eigenvalue weighted by atomic mass is 9.88. The van der Waals surface area contributed by atoms with Gasteiger partial charge in [0.1, 0.15) is 11.2 Å². The van der Waals surface area contributed by atoms with Crippen molar-refractivity contribution in [3.05, 3.63) is 39.7 Å². The predicted molar refractivity (Wildman–Crippen MR) is 143 cm³/mol. The lowest BCUT2D eigenvalue weighted by Gasteiger charge is -2.24. The number of piperidine rings is 1. The van der Waals surface area contributed by atoms with E-state index < -0.39 is 0 Å². The van der Waals surface area contributed by atoms with Crippen LogP contribution in [0.5, 0.6) is 0 Å². The first-order valence-corrected chi connectivity index (χ1v) is 14.0. The number of aromatic amines is 1. The van der Waals surface area contributed by atoms with E-state index in [1.54, 1.807) is 11.2 Å². The second kappa shape index (κ2) is 7.42. The number of hydrogen-bond donors (Lipinski definition) is 2. The van der Waals surface area contributed by atoms with Crippen LogP contribution in [-0.2, 0) is 4.79 Å². The Balaban J connectivity index is 1.31. The standard InChI is InChI=1S/C28H34N6OS/c1-11(2)20-21-14(5)25(16-7-17-22-19(16)8-33(24(17)22)15(6)26(29)35)36-28(21)32-23(20)18-9-34-27(30-10-31-34)13(4)12(18)3/h9-11,15-17,19,22,24,32H,7-8H2,1-6H3,(H2,29,35)/t15-,16-,17?,19?,22?,24?/m1/s1. The number of nitrogens with zero attached hydrogens (tertiary/aromatic N) is 4. The van der Waals surface area contributed by atoms with Crippen LogP contribution in [0.1, 0.15) is 66.2 Å². The molecule has 3 aliphatic rings. The molecule has 6 atom stereocenters. The van der Waals surface area contributed by atoms with Gasteiger partial charge < -0.3 is 10.7 Å². The van der Waals surface area contributed by atoms with Crippen LogP contribution in [0.15, 0.2) is 12.5 Å². The molecule has 1 amide bonds. The van der Waals surface area contributed by atoms with E-state index in [0.717, 1.165) is 24.0 Å². The van der Waals surface area contributed by atoms with Crippen molar-refractivity contribution in [3.63, 3.8) is 0 Å². The van der Waals surface area contributed by atoms with Crippen molar-refractivity contribution >= 4 is 33.1 Å². The second-order valence-electron chi connectivity index (χ2n) is 11.7. The fourth-order valence-corrected chi connectivity index (χ4v) is 9.21. The van der Waals surface area contributed by atoms with Gasteiger partial charge in [-0.1, -0.05) is 13.8 Å². The van der Waals surface area contributed by atoms with E-state index in [0.29, 0.717) is 23.8 Å². The number of H-pyrrole nitrogens is 1. The van der Waals surface area contributed by atoms with E-state index in [-0.39, 0.29) is 11.9 Å². The van der Waals surface area contributed by atoms with Crippen molar-refractivity contribution < 1.29 is 4.79 Å². The number of carbonyl (C=O) groups excluding carboxylic acids is 1. The normalized spacial score (nSPS) is 28.0. The molecule has 7 nitrogen and oxygen atoms in total. The van der Waals surface area contributed by atoms with Gasteiger partial charge in [-0.05, 0) is 86.0 Å². The zero-order chi connectivity index (χ0) is 25.2. The molecular formula is C28H34N6OS. The van der Waals surface area contributed by atoms with E-state index in [4.69, 9.17) is 5.73 Å². The van der Waals surface area contributed by atoms with Crippen molar-refractivity contribution in [1.29, 1.82) is 0 Å². The monoisotopic (exact) mass is 502 g/mol. The fraction of sp³-hybridized carbons (Fsp3) is 0.536. The highest BCUT2D eigenvalue weighted by Crippen LogP contribution is 2.68. The van der Waals surface area contributed by atoms with Crippen LogP contribution in [0.25, 0.3) is 27.1 Å². The molecule has 3 N–H and O–H groups in total. The molecule has 36 heavy (non-hydrogen) atoms. The summed E-state index contributed by atoms with van der Waals surface area (Å²) in [5, 5.41) is 5.84. The number of fused-ring (bicyclic) bond motifs is 3. The maximum Gasteiger partial charge on any atom is 0.234 e. The SMILES string of the molecule is Cc1c(-c2[nH]c3sc([C@@H]4CC5C6C4CN([C@H](C)C(N)=O)C56)c(C)c3c2C(C)C)cn2ncnc2c1C. The van der Waals surface area contributed by atoms with Gasteiger partial charge in [0.2, 0.25) is 5.91 Å². The largest absolute Gasteiger partial charge is 0.368 e. The molecule has 188 valence electrons. The molecule has 1 aliphatic heterocycles. The lowest BCUT2D eigenvalue weighted by molar-refractivity contribution is -0.122.